The third kappa shape index (κ3) is 3.17. The highest BCUT2D eigenvalue weighted by Gasteiger charge is 2.26. The van der Waals surface area contributed by atoms with Gasteiger partial charge in [-0.3, -0.25) is 4.90 Å². The minimum absolute atomic E-state index is 0.629. The van der Waals surface area contributed by atoms with E-state index in [2.05, 4.69) is 69.4 Å². The van der Waals surface area contributed by atoms with Gasteiger partial charge in [0.1, 0.15) is 0 Å². The molecule has 3 rings (SSSR count). The number of halogens is 1. The number of nitrogens with one attached hydrogen (secondary N) is 2. The number of hydrogen-bond donors (Lipinski definition) is 2. The molecule has 2 N–H and O–H groups in total. The molecule has 0 aliphatic carbocycles. The highest BCUT2D eigenvalue weighted by molar-refractivity contribution is 9.10. The van der Waals surface area contributed by atoms with Crippen LogP contribution in [0.3, 0.4) is 0 Å². The molecule has 3 nitrogen and oxygen atoms in total. The first-order chi connectivity index (χ1) is 10.2. The van der Waals surface area contributed by atoms with Crippen LogP contribution < -0.4 is 5.32 Å². The van der Waals surface area contributed by atoms with Gasteiger partial charge in [0.2, 0.25) is 0 Å². The lowest BCUT2D eigenvalue weighted by Gasteiger charge is -2.40. The minimum Gasteiger partial charge on any atom is -0.361 e. The van der Waals surface area contributed by atoms with Crippen LogP contribution in [-0.2, 0) is 6.54 Å². The maximum absolute atomic E-state index is 3.67. The maximum Gasteiger partial charge on any atom is 0.0458 e. The molecule has 2 heterocycles. The normalized spacial score (nSPS) is 23.8. The number of hydrogen-bond acceptors (Lipinski definition) is 2. The quantitative estimate of drug-likeness (QED) is 0.877. The van der Waals surface area contributed by atoms with Crippen molar-refractivity contribution in [2.75, 3.05) is 13.1 Å². The van der Waals surface area contributed by atoms with Gasteiger partial charge in [-0.25, -0.2) is 0 Å². The van der Waals surface area contributed by atoms with Crippen LogP contribution in [0.4, 0.5) is 0 Å². The van der Waals surface area contributed by atoms with Crippen LogP contribution in [0.5, 0.6) is 0 Å². The molecular weight excluding hydrogens is 326 g/mol. The fourth-order valence-electron chi connectivity index (χ4n) is 3.30. The number of fused-ring (bicyclic) bond motifs is 1. The Morgan fingerprint density at radius 2 is 2.14 bits per heavy atom. The third-order valence-corrected chi connectivity index (χ3v) is 5.17. The fraction of sp³-hybridized carbons (Fsp3) is 0.529. The monoisotopic (exact) mass is 349 g/mol. The van der Waals surface area contributed by atoms with Gasteiger partial charge in [0.25, 0.3) is 0 Å². The number of nitrogens with zero attached hydrogens (tertiary/aromatic N) is 1. The molecule has 0 radical (unpaired) electrons. The molecule has 1 aromatic heterocycles. The first-order valence-corrected chi connectivity index (χ1v) is 8.73. The van der Waals surface area contributed by atoms with Crippen molar-refractivity contribution in [1.29, 1.82) is 0 Å². The average Bonchev–Trinajstić information content (AvgIpc) is 2.89. The second-order valence-corrected chi connectivity index (χ2v) is 6.92. The number of aromatic nitrogens is 1. The van der Waals surface area contributed by atoms with Crippen molar-refractivity contribution in [2.45, 2.75) is 45.3 Å². The maximum atomic E-state index is 3.67. The molecule has 1 fully saturated rings. The van der Waals surface area contributed by atoms with Crippen molar-refractivity contribution in [3.05, 3.63) is 34.4 Å². The highest BCUT2D eigenvalue weighted by atomic mass is 79.9. The molecule has 0 bridgehead atoms. The molecule has 2 aromatic rings. The van der Waals surface area contributed by atoms with Crippen molar-refractivity contribution >= 4 is 26.8 Å². The van der Waals surface area contributed by atoms with Crippen molar-refractivity contribution in [1.82, 2.24) is 15.2 Å². The van der Waals surface area contributed by atoms with Gasteiger partial charge in [-0.2, -0.15) is 0 Å². The molecule has 0 amide bonds. The molecule has 2 atom stereocenters. The molecule has 0 spiro atoms. The summed E-state index contributed by atoms with van der Waals surface area (Å²) in [5.41, 5.74) is 2.63. The molecular formula is C17H24BrN3. The lowest BCUT2D eigenvalue weighted by Crippen LogP contribution is -2.55. The van der Waals surface area contributed by atoms with Gasteiger partial charge in [-0.15, -0.1) is 0 Å². The Balaban J connectivity index is 1.83. The number of rotatable bonds is 4. The summed E-state index contributed by atoms with van der Waals surface area (Å²) in [6, 6.07) is 7.73. The first-order valence-electron chi connectivity index (χ1n) is 7.94. The van der Waals surface area contributed by atoms with E-state index < -0.39 is 0 Å². The molecule has 2 unspecified atom stereocenters. The molecule has 1 aromatic carbocycles. The van der Waals surface area contributed by atoms with Gasteiger partial charge >= 0.3 is 0 Å². The van der Waals surface area contributed by atoms with Crippen LogP contribution >= 0.6 is 15.9 Å². The lowest BCUT2D eigenvalue weighted by molar-refractivity contribution is 0.118. The molecule has 114 valence electrons. The van der Waals surface area contributed by atoms with Gasteiger partial charge in [0, 0.05) is 53.3 Å². The Kier molecular flexibility index (Phi) is 4.67. The van der Waals surface area contributed by atoms with E-state index in [1.54, 1.807) is 0 Å². The van der Waals surface area contributed by atoms with Crippen LogP contribution in [0.15, 0.2) is 28.9 Å². The summed E-state index contributed by atoms with van der Waals surface area (Å²) in [4.78, 5) is 6.05. The Labute approximate surface area is 135 Å². The van der Waals surface area contributed by atoms with Crippen molar-refractivity contribution in [2.24, 2.45) is 0 Å². The third-order valence-electron chi connectivity index (χ3n) is 4.68. The minimum atomic E-state index is 0.629. The zero-order chi connectivity index (χ0) is 14.8. The Hall–Kier alpha value is -0.840. The Morgan fingerprint density at radius 3 is 2.90 bits per heavy atom. The predicted octanol–water partition coefficient (Wildman–Crippen LogP) is 3.89. The van der Waals surface area contributed by atoms with E-state index in [1.807, 2.05) is 0 Å². The van der Waals surface area contributed by atoms with E-state index in [0.717, 1.165) is 24.1 Å². The predicted molar refractivity (Wildman–Crippen MR) is 92.6 cm³/mol. The topological polar surface area (TPSA) is 31.1 Å². The summed E-state index contributed by atoms with van der Waals surface area (Å²) in [7, 11) is 0. The van der Waals surface area contributed by atoms with Gasteiger partial charge < -0.3 is 10.3 Å². The van der Waals surface area contributed by atoms with Crippen LogP contribution in [0.2, 0.25) is 0 Å². The smallest absolute Gasteiger partial charge is 0.0458 e. The molecule has 1 aliphatic heterocycles. The second kappa shape index (κ2) is 6.51. The zero-order valence-corrected chi connectivity index (χ0v) is 14.4. The van der Waals surface area contributed by atoms with E-state index in [1.165, 1.54) is 29.3 Å². The van der Waals surface area contributed by atoms with Crippen molar-refractivity contribution in [3.8, 4) is 0 Å². The van der Waals surface area contributed by atoms with Gasteiger partial charge in [-0.1, -0.05) is 29.8 Å². The number of aromatic amines is 1. The molecule has 4 heteroatoms. The molecule has 21 heavy (non-hydrogen) atoms. The number of H-pyrrole nitrogens is 1. The van der Waals surface area contributed by atoms with E-state index in [0.29, 0.717) is 12.1 Å². The van der Waals surface area contributed by atoms with Crippen LogP contribution in [-0.4, -0.2) is 35.1 Å². The Bertz CT molecular complexity index is 607. The summed E-state index contributed by atoms with van der Waals surface area (Å²) in [5, 5.41) is 5.01. The van der Waals surface area contributed by atoms with Crippen LogP contribution in [0.1, 0.15) is 32.3 Å². The molecule has 0 saturated carbocycles. The lowest BCUT2D eigenvalue weighted by atomic mass is 10.0. The Morgan fingerprint density at radius 1 is 1.29 bits per heavy atom. The second-order valence-electron chi connectivity index (χ2n) is 6.01. The van der Waals surface area contributed by atoms with E-state index in [4.69, 9.17) is 0 Å². The zero-order valence-electron chi connectivity index (χ0n) is 12.8. The summed E-state index contributed by atoms with van der Waals surface area (Å²) >= 11 is 3.59. The van der Waals surface area contributed by atoms with Crippen LogP contribution in [0, 0.1) is 0 Å². The van der Waals surface area contributed by atoms with Gasteiger partial charge in [0.15, 0.2) is 0 Å². The summed E-state index contributed by atoms with van der Waals surface area (Å²) in [6.07, 6.45) is 4.58. The summed E-state index contributed by atoms with van der Waals surface area (Å²) < 4.78 is 1.15. The molecule has 1 aliphatic rings. The van der Waals surface area contributed by atoms with Crippen LogP contribution in [0.25, 0.3) is 10.9 Å². The SMILES string of the molecule is CCC1CN(Cc2c[nH]c3ccc(Br)cc23)C(CC)CN1. The first kappa shape index (κ1) is 15.1. The fourth-order valence-corrected chi connectivity index (χ4v) is 3.66. The van der Waals surface area contributed by atoms with E-state index >= 15 is 0 Å². The molecule has 1 saturated heterocycles. The number of piperazine rings is 1. The van der Waals surface area contributed by atoms with Crippen molar-refractivity contribution in [3.63, 3.8) is 0 Å². The summed E-state index contributed by atoms with van der Waals surface area (Å²) in [6.45, 7) is 7.85. The van der Waals surface area contributed by atoms with E-state index in [9.17, 15) is 0 Å². The van der Waals surface area contributed by atoms with Crippen molar-refractivity contribution < 1.29 is 0 Å². The number of benzene rings is 1. The van der Waals surface area contributed by atoms with Gasteiger partial charge in [-0.05, 0) is 36.6 Å². The van der Waals surface area contributed by atoms with E-state index in [-0.39, 0.29) is 0 Å². The summed E-state index contributed by atoms with van der Waals surface area (Å²) in [5.74, 6) is 0. The average molecular weight is 350 g/mol. The largest absolute Gasteiger partial charge is 0.361 e. The van der Waals surface area contributed by atoms with Gasteiger partial charge in [0.05, 0.1) is 0 Å². The standard InChI is InChI=1S/C17H24BrN3/c1-3-14-11-21(15(4-2)9-19-14)10-12-8-20-17-6-5-13(18)7-16(12)17/h5-8,14-15,19-20H,3-4,9-11H2,1-2H3. The highest BCUT2D eigenvalue weighted by Crippen LogP contribution is 2.25.